The average molecular weight is 439 g/mol. The van der Waals surface area contributed by atoms with E-state index in [4.69, 9.17) is 9.47 Å². The number of esters is 1. The molecule has 0 spiro atoms. The molecule has 170 valence electrons. The minimum Gasteiger partial charge on any atom is -0.467 e. The molecule has 1 heterocycles. The number of ether oxygens (including phenoxy) is 2. The van der Waals surface area contributed by atoms with Gasteiger partial charge in [0.15, 0.2) is 0 Å². The molecule has 1 fully saturated rings. The molecule has 1 aliphatic heterocycles. The van der Waals surface area contributed by atoms with Crippen molar-refractivity contribution in [1.29, 1.82) is 0 Å². The molecule has 7 nitrogen and oxygen atoms in total. The third-order valence-corrected chi connectivity index (χ3v) is 5.81. The summed E-state index contributed by atoms with van der Waals surface area (Å²) >= 11 is 0. The maximum Gasteiger partial charge on any atom is 0.410 e. The first-order valence-corrected chi connectivity index (χ1v) is 10.8. The lowest BCUT2D eigenvalue weighted by atomic mass is 10.0. The van der Waals surface area contributed by atoms with Crippen LogP contribution in [0, 0.1) is 13.8 Å². The van der Waals surface area contributed by atoms with Crippen LogP contribution in [-0.4, -0.2) is 48.6 Å². The van der Waals surface area contributed by atoms with E-state index in [1.165, 1.54) is 12.0 Å². The molecule has 0 aliphatic carbocycles. The SMILES string of the molecule is COC(=O)[C@@H](Cc1ccc(C)c(C)c1)NC(=O)[C@H]1CCCN1C(=O)OCc1ccccc1. The topological polar surface area (TPSA) is 84.9 Å². The summed E-state index contributed by atoms with van der Waals surface area (Å²) in [5, 5.41) is 2.79. The monoisotopic (exact) mass is 438 g/mol. The number of methoxy groups -OCH3 is 1. The number of rotatable bonds is 7. The lowest BCUT2D eigenvalue weighted by molar-refractivity contribution is -0.145. The molecule has 3 rings (SSSR count). The van der Waals surface area contributed by atoms with E-state index in [1.807, 2.05) is 62.4 Å². The number of nitrogens with zero attached hydrogens (tertiary/aromatic N) is 1. The molecule has 0 radical (unpaired) electrons. The number of hydrogen-bond donors (Lipinski definition) is 1. The van der Waals surface area contributed by atoms with Crippen LogP contribution in [0.1, 0.15) is 35.1 Å². The molecule has 0 aromatic heterocycles. The van der Waals surface area contributed by atoms with Crippen LogP contribution in [-0.2, 0) is 32.1 Å². The first kappa shape index (κ1) is 23.3. The fourth-order valence-electron chi connectivity index (χ4n) is 3.83. The Kier molecular flexibility index (Phi) is 7.87. The van der Waals surface area contributed by atoms with E-state index in [0.29, 0.717) is 25.8 Å². The van der Waals surface area contributed by atoms with Crippen LogP contribution in [0.25, 0.3) is 0 Å². The van der Waals surface area contributed by atoms with Crippen molar-refractivity contribution in [2.75, 3.05) is 13.7 Å². The van der Waals surface area contributed by atoms with Gasteiger partial charge >= 0.3 is 12.1 Å². The molecule has 1 saturated heterocycles. The number of amides is 2. The Hall–Kier alpha value is -3.35. The van der Waals surface area contributed by atoms with E-state index < -0.39 is 24.1 Å². The highest BCUT2D eigenvalue weighted by molar-refractivity contribution is 5.90. The van der Waals surface area contributed by atoms with Gasteiger partial charge in [0, 0.05) is 13.0 Å². The molecule has 1 aliphatic rings. The number of benzene rings is 2. The van der Waals surface area contributed by atoms with Gasteiger partial charge in [-0.25, -0.2) is 9.59 Å². The third-order valence-electron chi connectivity index (χ3n) is 5.81. The van der Waals surface area contributed by atoms with Crippen molar-refractivity contribution in [3.63, 3.8) is 0 Å². The fourth-order valence-corrected chi connectivity index (χ4v) is 3.83. The first-order valence-electron chi connectivity index (χ1n) is 10.8. The van der Waals surface area contributed by atoms with E-state index >= 15 is 0 Å². The Bertz CT molecular complexity index is 960. The van der Waals surface area contributed by atoms with Gasteiger partial charge in [0.1, 0.15) is 18.7 Å². The molecular formula is C25H30N2O5. The maximum atomic E-state index is 13.0. The van der Waals surface area contributed by atoms with Crippen LogP contribution >= 0.6 is 0 Å². The van der Waals surface area contributed by atoms with Crippen LogP contribution in [0.5, 0.6) is 0 Å². The van der Waals surface area contributed by atoms with Crippen molar-refractivity contribution in [2.45, 2.75) is 51.8 Å². The second-order valence-corrected chi connectivity index (χ2v) is 8.10. The number of likely N-dealkylation sites (tertiary alicyclic amines) is 1. The lowest BCUT2D eigenvalue weighted by Crippen LogP contribution is -2.51. The number of carbonyl (C=O) groups is 3. The molecule has 0 bridgehead atoms. The number of aryl methyl sites for hydroxylation is 2. The van der Waals surface area contributed by atoms with Gasteiger partial charge in [-0.15, -0.1) is 0 Å². The second-order valence-electron chi connectivity index (χ2n) is 8.10. The first-order chi connectivity index (χ1) is 15.4. The summed E-state index contributed by atoms with van der Waals surface area (Å²) in [5.41, 5.74) is 4.07. The van der Waals surface area contributed by atoms with E-state index in [0.717, 1.165) is 22.3 Å². The summed E-state index contributed by atoms with van der Waals surface area (Å²) in [5.74, 6) is -0.897. The van der Waals surface area contributed by atoms with Crippen LogP contribution in [0.4, 0.5) is 4.79 Å². The molecule has 0 saturated carbocycles. The van der Waals surface area contributed by atoms with Crippen molar-refractivity contribution in [2.24, 2.45) is 0 Å². The summed E-state index contributed by atoms with van der Waals surface area (Å²) in [4.78, 5) is 39.4. The standard InChI is InChI=1S/C25H30N2O5/c1-17-11-12-20(14-18(17)2)15-21(24(29)31-3)26-23(28)22-10-7-13-27(22)25(30)32-16-19-8-5-4-6-9-19/h4-6,8-9,11-12,14,21-22H,7,10,13,15-16H2,1-3H3,(H,26,28)/t21-,22-/m1/s1. The van der Waals surface area contributed by atoms with Crippen molar-refractivity contribution in [3.8, 4) is 0 Å². The number of hydrogen-bond acceptors (Lipinski definition) is 5. The van der Waals surface area contributed by atoms with Crippen molar-refractivity contribution in [3.05, 3.63) is 70.8 Å². The molecule has 2 aromatic rings. The van der Waals surface area contributed by atoms with Gasteiger partial charge < -0.3 is 14.8 Å². The van der Waals surface area contributed by atoms with Gasteiger partial charge in [-0.2, -0.15) is 0 Å². The maximum absolute atomic E-state index is 13.0. The third kappa shape index (κ3) is 5.87. The van der Waals surface area contributed by atoms with Gasteiger partial charge in [0.2, 0.25) is 5.91 Å². The van der Waals surface area contributed by atoms with Crippen LogP contribution in [0.15, 0.2) is 48.5 Å². The predicted octanol–water partition coefficient (Wildman–Crippen LogP) is 3.30. The molecule has 2 aromatic carbocycles. The average Bonchev–Trinajstić information content (AvgIpc) is 3.30. The molecule has 0 unspecified atom stereocenters. The van der Waals surface area contributed by atoms with Gasteiger partial charge in [-0.3, -0.25) is 9.69 Å². The van der Waals surface area contributed by atoms with Gasteiger partial charge in [0.25, 0.3) is 0 Å². The summed E-state index contributed by atoms with van der Waals surface area (Å²) in [6, 6.07) is 13.8. The Balaban J connectivity index is 1.64. The van der Waals surface area contributed by atoms with E-state index in [1.54, 1.807) is 0 Å². The highest BCUT2D eigenvalue weighted by Gasteiger charge is 2.37. The molecule has 32 heavy (non-hydrogen) atoms. The Morgan fingerprint density at radius 3 is 2.50 bits per heavy atom. The normalized spacial score (nSPS) is 16.3. The molecular weight excluding hydrogens is 408 g/mol. The van der Waals surface area contributed by atoms with E-state index in [2.05, 4.69) is 5.32 Å². The quantitative estimate of drug-likeness (QED) is 0.671. The Labute approximate surface area is 188 Å². The summed E-state index contributed by atoms with van der Waals surface area (Å²) < 4.78 is 10.3. The van der Waals surface area contributed by atoms with Gasteiger partial charge in [-0.1, -0.05) is 48.5 Å². The Morgan fingerprint density at radius 1 is 1.06 bits per heavy atom. The van der Waals surface area contributed by atoms with Crippen molar-refractivity contribution >= 4 is 18.0 Å². The highest BCUT2D eigenvalue weighted by atomic mass is 16.6. The molecule has 1 N–H and O–H groups in total. The van der Waals surface area contributed by atoms with Gasteiger partial charge in [0.05, 0.1) is 7.11 Å². The largest absolute Gasteiger partial charge is 0.467 e. The zero-order valence-corrected chi connectivity index (χ0v) is 18.8. The minimum absolute atomic E-state index is 0.141. The van der Waals surface area contributed by atoms with E-state index in [9.17, 15) is 14.4 Å². The minimum atomic E-state index is -0.836. The molecule has 2 amide bonds. The van der Waals surface area contributed by atoms with E-state index in [-0.39, 0.29) is 12.5 Å². The summed E-state index contributed by atoms with van der Waals surface area (Å²) in [6.07, 6.45) is 0.989. The highest BCUT2D eigenvalue weighted by Crippen LogP contribution is 2.20. The second kappa shape index (κ2) is 10.8. The number of carbonyl (C=O) groups excluding carboxylic acids is 3. The Morgan fingerprint density at radius 2 is 1.81 bits per heavy atom. The van der Waals surface area contributed by atoms with Crippen LogP contribution in [0.2, 0.25) is 0 Å². The smallest absolute Gasteiger partial charge is 0.410 e. The van der Waals surface area contributed by atoms with Crippen LogP contribution < -0.4 is 5.32 Å². The van der Waals surface area contributed by atoms with Gasteiger partial charge in [-0.05, 0) is 48.9 Å². The van der Waals surface area contributed by atoms with Crippen molar-refractivity contribution in [1.82, 2.24) is 10.2 Å². The number of nitrogens with one attached hydrogen (secondary N) is 1. The lowest BCUT2D eigenvalue weighted by Gasteiger charge is -2.25. The zero-order valence-electron chi connectivity index (χ0n) is 18.8. The predicted molar refractivity (Wildman–Crippen MR) is 120 cm³/mol. The van der Waals surface area contributed by atoms with Crippen LogP contribution in [0.3, 0.4) is 0 Å². The molecule has 7 heteroatoms. The molecule has 2 atom stereocenters. The summed E-state index contributed by atoms with van der Waals surface area (Å²) in [6.45, 7) is 4.60. The fraction of sp³-hybridized carbons (Fsp3) is 0.400. The van der Waals surface area contributed by atoms with Crippen molar-refractivity contribution < 1.29 is 23.9 Å². The zero-order chi connectivity index (χ0) is 23.1. The summed E-state index contributed by atoms with van der Waals surface area (Å²) in [7, 11) is 1.30.